The Morgan fingerprint density at radius 3 is 2.65 bits per heavy atom. The zero-order valence-electron chi connectivity index (χ0n) is 11.1. The molecule has 2 N–H and O–H groups in total. The van der Waals surface area contributed by atoms with Crippen LogP contribution in [0.3, 0.4) is 0 Å². The highest BCUT2D eigenvalue weighted by molar-refractivity contribution is 7.99. The van der Waals surface area contributed by atoms with Gasteiger partial charge in [-0.05, 0) is 44.2 Å². The molecule has 0 spiro atoms. The van der Waals surface area contributed by atoms with Crippen molar-refractivity contribution in [3.8, 4) is 5.88 Å². The van der Waals surface area contributed by atoms with E-state index in [9.17, 15) is 8.78 Å². The van der Waals surface area contributed by atoms with Crippen LogP contribution in [0.25, 0.3) is 0 Å². The molecule has 2 aromatic rings. The third-order valence-electron chi connectivity index (χ3n) is 2.32. The van der Waals surface area contributed by atoms with Gasteiger partial charge in [-0.3, -0.25) is 0 Å². The van der Waals surface area contributed by atoms with Gasteiger partial charge < -0.3 is 10.5 Å². The second-order valence-corrected chi connectivity index (χ2v) is 5.45. The first kappa shape index (κ1) is 14.6. The summed E-state index contributed by atoms with van der Waals surface area (Å²) >= 11 is 1.02. The molecule has 0 radical (unpaired) electrons. The molecule has 0 unspecified atom stereocenters. The van der Waals surface area contributed by atoms with Crippen molar-refractivity contribution in [2.24, 2.45) is 0 Å². The number of hydrogen-bond donors (Lipinski definition) is 1. The van der Waals surface area contributed by atoms with Crippen molar-refractivity contribution in [2.75, 3.05) is 5.73 Å². The van der Waals surface area contributed by atoms with E-state index < -0.39 is 11.6 Å². The number of anilines is 1. The van der Waals surface area contributed by atoms with Crippen LogP contribution < -0.4 is 10.5 Å². The number of nitrogen functional groups attached to an aromatic ring is 1. The van der Waals surface area contributed by atoms with Gasteiger partial charge in [-0.2, -0.15) is 0 Å². The van der Waals surface area contributed by atoms with Gasteiger partial charge in [0.05, 0.1) is 16.7 Å². The molecule has 106 valence electrons. The van der Waals surface area contributed by atoms with Crippen LogP contribution in [0.1, 0.15) is 13.8 Å². The summed E-state index contributed by atoms with van der Waals surface area (Å²) < 4.78 is 32.2. The van der Waals surface area contributed by atoms with E-state index >= 15 is 0 Å². The predicted octanol–water partition coefficient (Wildman–Crippen LogP) is 3.88. The molecule has 0 aliphatic carbocycles. The van der Waals surface area contributed by atoms with E-state index in [4.69, 9.17) is 10.5 Å². The van der Waals surface area contributed by atoms with Gasteiger partial charge in [0, 0.05) is 0 Å². The maximum atomic E-state index is 13.6. The molecule has 0 amide bonds. The summed E-state index contributed by atoms with van der Waals surface area (Å²) in [6.45, 7) is 3.71. The lowest BCUT2D eigenvalue weighted by Gasteiger charge is -2.12. The molecule has 1 aromatic heterocycles. The van der Waals surface area contributed by atoms with Crippen molar-refractivity contribution in [3.05, 3.63) is 42.0 Å². The topological polar surface area (TPSA) is 48.1 Å². The fourth-order valence-corrected chi connectivity index (χ4v) is 2.30. The van der Waals surface area contributed by atoms with E-state index in [0.717, 1.165) is 30.0 Å². The number of nitrogens with zero attached hydrogens (tertiary/aromatic N) is 1. The molecule has 0 bridgehead atoms. The van der Waals surface area contributed by atoms with Gasteiger partial charge in [-0.15, -0.1) is 0 Å². The molecule has 0 saturated carbocycles. The van der Waals surface area contributed by atoms with E-state index in [0.29, 0.717) is 16.6 Å². The van der Waals surface area contributed by atoms with Crippen molar-refractivity contribution < 1.29 is 13.5 Å². The first-order valence-corrected chi connectivity index (χ1v) is 6.83. The van der Waals surface area contributed by atoms with Crippen molar-refractivity contribution in [1.29, 1.82) is 0 Å². The number of benzene rings is 1. The highest BCUT2D eigenvalue weighted by Gasteiger charge is 2.10. The summed E-state index contributed by atoms with van der Waals surface area (Å²) in [6, 6.07) is 6.55. The van der Waals surface area contributed by atoms with Crippen molar-refractivity contribution >= 4 is 17.4 Å². The second kappa shape index (κ2) is 6.09. The number of hydrogen-bond acceptors (Lipinski definition) is 4. The predicted molar refractivity (Wildman–Crippen MR) is 74.9 cm³/mol. The highest BCUT2D eigenvalue weighted by atomic mass is 32.2. The van der Waals surface area contributed by atoms with Gasteiger partial charge in [-0.25, -0.2) is 13.8 Å². The Morgan fingerprint density at radius 1 is 1.20 bits per heavy atom. The van der Waals surface area contributed by atoms with Crippen LogP contribution in [0, 0.1) is 11.6 Å². The molecular formula is C14H14F2N2OS. The minimum absolute atomic E-state index is 0.0732. The highest BCUT2D eigenvalue weighted by Crippen LogP contribution is 2.32. The average molecular weight is 296 g/mol. The smallest absolute Gasteiger partial charge is 0.238 e. The first-order valence-electron chi connectivity index (χ1n) is 6.02. The van der Waals surface area contributed by atoms with E-state index in [1.54, 1.807) is 12.1 Å². The van der Waals surface area contributed by atoms with Crippen molar-refractivity contribution in [2.45, 2.75) is 29.9 Å². The van der Waals surface area contributed by atoms with E-state index in [1.165, 1.54) is 0 Å². The van der Waals surface area contributed by atoms with E-state index in [1.807, 2.05) is 13.8 Å². The fraction of sp³-hybridized carbons (Fsp3) is 0.214. The number of aromatic nitrogens is 1. The average Bonchev–Trinajstić information content (AvgIpc) is 2.37. The Hall–Kier alpha value is -1.82. The fourth-order valence-electron chi connectivity index (χ4n) is 1.48. The lowest BCUT2D eigenvalue weighted by molar-refractivity contribution is 0.232. The van der Waals surface area contributed by atoms with Gasteiger partial charge in [0.15, 0.2) is 0 Å². The molecule has 0 saturated heterocycles. The van der Waals surface area contributed by atoms with Crippen LogP contribution in [0.4, 0.5) is 14.5 Å². The summed E-state index contributed by atoms with van der Waals surface area (Å²) in [5.74, 6) is -0.703. The molecule has 0 aliphatic rings. The molecule has 1 aromatic carbocycles. The zero-order valence-corrected chi connectivity index (χ0v) is 11.9. The summed E-state index contributed by atoms with van der Waals surface area (Å²) in [6.07, 6.45) is -0.0732. The monoisotopic (exact) mass is 296 g/mol. The minimum atomic E-state index is -0.499. The number of rotatable bonds is 4. The Kier molecular flexibility index (Phi) is 4.44. The Morgan fingerprint density at radius 2 is 1.95 bits per heavy atom. The summed E-state index contributed by atoms with van der Waals surface area (Å²) in [5, 5.41) is 0.486. The zero-order chi connectivity index (χ0) is 14.7. The lowest BCUT2D eigenvalue weighted by atomic mass is 10.3. The third kappa shape index (κ3) is 3.60. The van der Waals surface area contributed by atoms with Crippen molar-refractivity contribution in [3.63, 3.8) is 0 Å². The first-order chi connectivity index (χ1) is 9.45. The standard InChI is InChI=1S/C14H14F2N2OS/c1-8(2)19-14-11(17)5-6-13(18-14)20-12-7-9(15)3-4-10(12)16/h3-8H,17H2,1-2H3. The van der Waals surface area contributed by atoms with Gasteiger partial charge in [-0.1, -0.05) is 11.8 Å². The SMILES string of the molecule is CC(C)Oc1nc(Sc2cc(F)ccc2F)ccc1N. The second-order valence-electron chi connectivity index (χ2n) is 4.39. The lowest BCUT2D eigenvalue weighted by Crippen LogP contribution is -2.09. The summed E-state index contributed by atoms with van der Waals surface area (Å²) in [7, 11) is 0. The van der Waals surface area contributed by atoms with E-state index in [-0.39, 0.29) is 11.0 Å². The van der Waals surface area contributed by atoms with Crippen LogP contribution in [0.5, 0.6) is 5.88 Å². The summed E-state index contributed by atoms with van der Waals surface area (Å²) in [4.78, 5) is 4.37. The van der Waals surface area contributed by atoms with Crippen LogP contribution in [0.2, 0.25) is 0 Å². The molecule has 6 heteroatoms. The molecule has 0 atom stereocenters. The molecule has 3 nitrogen and oxygen atoms in total. The quantitative estimate of drug-likeness (QED) is 0.930. The molecule has 2 rings (SSSR count). The largest absolute Gasteiger partial charge is 0.473 e. The van der Waals surface area contributed by atoms with Gasteiger partial charge in [0.1, 0.15) is 16.7 Å². The Balaban J connectivity index is 2.27. The summed E-state index contributed by atoms with van der Waals surface area (Å²) in [5.41, 5.74) is 6.16. The van der Waals surface area contributed by atoms with Gasteiger partial charge in [0.2, 0.25) is 5.88 Å². The van der Waals surface area contributed by atoms with Crippen LogP contribution in [0.15, 0.2) is 40.3 Å². The number of pyridine rings is 1. The normalized spacial score (nSPS) is 10.8. The van der Waals surface area contributed by atoms with Crippen LogP contribution in [-0.2, 0) is 0 Å². The van der Waals surface area contributed by atoms with Crippen molar-refractivity contribution in [1.82, 2.24) is 4.98 Å². The maximum absolute atomic E-state index is 13.6. The number of nitrogens with two attached hydrogens (primary N) is 1. The Labute approximate surface area is 120 Å². The van der Waals surface area contributed by atoms with Gasteiger partial charge >= 0.3 is 0 Å². The maximum Gasteiger partial charge on any atom is 0.238 e. The molecule has 0 aliphatic heterocycles. The third-order valence-corrected chi connectivity index (χ3v) is 3.29. The van der Waals surface area contributed by atoms with Crippen LogP contribution >= 0.6 is 11.8 Å². The Bertz CT molecular complexity index is 620. The molecule has 0 fully saturated rings. The molecular weight excluding hydrogens is 282 g/mol. The van der Waals surface area contributed by atoms with Crippen LogP contribution in [-0.4, -0.2) is 11.1 Å². The molecule has 20 heavy (non-hydrogen) atoms. The molecule has 1 heterocycles. The number of halogens is 2. The minimum Gasteiger partial charge on any atom is -0.473 e. The van der Waals surface area contributed by atoms with Gasteiger partial charge in [0.25, 0.3) is 0 Å². The number of ether oxygens (including phenoxy) is 1. The van der Waals surface area contributed by atoms with E-state index in [2.05, 4.69) is 4.98 Å².